The number of amides is 3. The van der Waals surface area contributed by atoms with Gasteiger partial charge >= 0.3 is 6.03 Å². The van der Waals surface area contributed by atoms with E-state index in [-0.39, 0.29) is 23.7 Å². The lowest BCUT2D eigenvalue weighted by molar-refractivity contribution is -0.123. The van der Waals surface area contributed by atoms with Gasteiger partial charge < -0.3 is 14.7 Å². The Morgan fingerprint density at radius 3 is 2.33 bits per heavy atom. The second-order valence-electron chi connectivity index (χ2n) is 7.73. The van der Waals surface area contributed by atoms with Gasteiger partial charge in [-0.05, 0) is 56.2 Å². The van der Waals surface area contributed by atoms with Crippen LogP contribution in [0, 0.1) is 11.7 Å². The van der Waals surface area contributed by atoms with E-state index in [0.29, 0.717) is 42.6 Å². The maximum atomic E-state index is 14.6. The summed E-state index contributed by atoms with van der Waals surface area (Å²) in [4.78, 5) is 31.1. The summed E-state index contributed by atoms with van der Waals surface area (Å²) in [6.07, 6.45) is 5.11. The number of likely N-dealkylation sites (tertiary alicyclic amines) is 2. The number of carbonyl (C=O) groups is 2. The maximum Gasteiger partial charge on any atom is 0.319 e. The maximum absolute atomic E-state index is 14.6. The molecule has 4 rings (SSSR count). The van der Waals surface area contributed by atoms with E-state index < -0.39 is 0 Å². The van der Waals surface area contributed by atoms with Crippen LogP contribution in [0.15, 0.2) is 16.6 Å². The Bertz CT molecular complexity index is 743. The molecule has 2 fully saturated rings. The molecule has 3 aliphatic heterocycles. The van der Waals surface area contributed by atoms with Crippen molar-refractivity contribution in [2.45, 2.75) is 38.5 Å². The number of carbonyl (C=O) groups excluding carboxylic acids is 2. The second-order valence-corrected chi connectivity index (χ2v) is 8.64. The quantitative estimate of drug-likeness (QED) is 0.670. The molecule has 146 valence electrons. The van der Waals surface area contributed by atoms with Crippen molar-refractivity contribution in [1.82, 2.24) is 9.80 Å². The van der Waals surface area contributed by atoms with Crippen molar-refractivity contribution in [3.63, 3.8) is 0 Å². The first-order valence-electron chi connectivity index (χ1n) is 9.88. The van der Waals surface area contributed by atoms with Crippen LogP contribution in [0.3, 0.4) is 0 Å². The summed E-state index contributed by atoms with van der Waals surface area (Å²) >= 11 is 3.34. The first-order valence-corrected chi connectivity index (χ1v) is 10.7. The molecule has 0 spiro atoms. The fourth-order valence-electron chi connectivity index (χ4n) is 4.52. The molecule has 3 heterocycles. The molecular weight excluding hydrogens is 413 g/mol. The average Bonchev–Trinajstić information content (AvgIpc) is 3.21. The number of aryl methyl sites for hydroxylation is 1. The molecule has 2 saturated heterocycles. The molecule has 0 radical (unpaired) electrons. The van der Waals surface area contributed by atoms with Crippen molar-refractivity contribution in [3.8, 4) is 0 Å². The van der Waals surface area contributed by atoms with Crippen LogP contribution in [0.25, 0.3) is 0 Å². The lowest BCUT2D eigenvalue weighted by atomic mass is 9.93. The first kappa shape index (κ1) is 18.7. The van der Waals surface area contributed by atoms with Crippen LogP contribution in [0.2, 0.25) is 0 Å². The first-order chi connectivity index (χ1) is 13.0. The van der Waals surface area contributed by atoms with E-state index in [1.165, 1.54) is 6.07 Å². The number of nitrogens with zero attached hydrogens (tertiary/aromatic N) is 3. The number of hydrogen-bond donors (Lipinski definition) is 0. The van der Waals surface area contributed by atoms with Crippen molar-refractivity contribution in [2.75, 3.05) is 37.6 Å². The Hall–Kier alpha value is -1.63. The Morgan fingerprint density at radius 1 is 0.963 bits per heavy atom. The van der Waals surface area contributed by atoms with E-state index in [2.05, 4.69) is 15.9 Å². The molecular formula is C20H25BrFN3O2. The number of benzene rings is 1. The van der Waals surface area contributed by atoms with Gasteiger partial charge in [-0.1, -0.05) is 15.9 Å². The molecule has 7 heteroatoms. The Labute approximate surface area is 167 Å². The summed E-state index contributed by atoms with van der Waals surface area (Å²) < 4.78 is 15.3. The number of fused-ring (bicyclic) bond motifs is 1. The van der Waals surface area contributed by atoms with Crippen molar-refractivity contribution in [3.05, 3.63) is 28.0 Å². The molecule has 5 nitrogen and oxygen atoms in total. The second kappa shape index (κ2) is 7.78. The average molecular weight is 438 g/mol. The van der Waals surface area contributed by atoms with Crippen molar-refractivity contribution >= 4 is 33.6 Å². The van der Waals surface area contributed by atoms with Gasteiger partial charge in [0.15, 0.2) is 0 Å². The van der Waals surface area contributed by atoms with Gasteiger partial charge in [0, 0.05) is 43.1 Å². The fourth-order valence-corrected chi connectivity index (χ4v) is 5.00. The highest BCUT2D eigenvalue weighted by molar-refractivity contribution is 9.10. The van der Waals surface area contributed by atoms with Crippen LogP contribution < -0.4 is 4.90 Å². The highest BCUT2D eigenvalue weighted by atomic mass is 79.9. The van der Waals surface area contributed by atoms with E-state index in [0.717, 1.165) is 44.3 Å². The smallest absolute Gasteiger partial charge is 0.319 e. The zero-order chi connectivity index (χ0) is 19.0. The molecule has 1 aromatic rings. The molecule has 0 saturated carbocycles. The largest absolute Gasteiger partial charge is 0.325 e. The normalized spacial score (nSPS) is 20.7. The molecule has 1 aromatic carbocycles. The van der Waals surface area contributed by atoms with Gasteiger partial charge in [0.1, 0.15) is 5.82 Å². The Balaban J connectivity index is 1.43. The minimum Gasteiger partial charge on any atom is -0.325 e. The molecule has 0 atom stereocenters. The van der Waals surface area contributed by atoms with Gasteiger partial charge in [-0.15, -0.1) is 0 Å². The number of rotatable bonds is 1. The van der Waals surface area contributed by atoms with E-state index >= 15 is 0 Å². The van der Waals surface area contributed by atoms with Crippen molar-refractivity contribution < 1.29 is 14.0 Å². The zero-order valence-electron chi connectivity index (χ0n) is 15.4. The summed E-state index contributed by atoms with van der Waals surface area (Å²) in [7, 11) is 0. The van der Waals surface area contributed by atoms with Gasteiger partial charge in [-0.25, -0.2) is 9.18 Å². The number of piperidine rings is 1. The van der Waals surface area contributed by atoms with Crippen LogP contribution >= 0.6 is 15.9 Å². The molecule has 3 amide bonds. The van der Waals surface area contributed by atoms with Gasteiger partial charge in [0.05, 0.1) is 5.69 Å². The third-order valence-corrected chi connectivity index (χ3v) is 6.42. The van der Waals surface area contributed by atoms with Crippen molar-refractivity contribution in [2.24, 2.45) is 5.92 Å². The summed E-state index contributed by atoms with van der Waals surface area (Å²) in [5, 5.41) is 0. The fraction of sp³-hybridized carbons (Fsp3) is 0.600. The summed E-state index contributed by atoms with van der Waals surface area (Å²) in [5.41, 5.74) is 1.34. The van der Waals surface area contributed by atoms with Crippen molar-refractivity contribution in [1.29, 1.82) is 0 Å². The number of anilines is 1. The van der Waals surface area contributed by atoms with E-state index in [1.54, 1.807) is 4.90 Å². The molecule has 0 aromatic heterocycles. The standard InChI is InChI=1S/C20H25BrFN3O2/c21-16-12-15-4-3-9-25(18(15)17(22)13-16)19(26)14-5-10-24(11-6-14)20(27)23-7-1-2-8-23/h12-14H,1-11H2. The minimum absolute atomic E-state index is 0.00504. The third kappa shape index (κ3) is 3.71. The molecule has 0 unspecified atom stereocenters. The van der Waals surface area contributed by atoms with E-state index in [1.807, 2.05) is 15.9 Å². The van der Waals surface area contributed by atoms with Crippen LogP contribution in [-0.2, 0) is 11.2 Å². The molecule has 3 aliphatic rings. The summed E-state index contributed by atoms with van der Waals surface area (Å²) in [6, 6.07) is 3.45. The van der Waals surface area contributed by atoms with Gasteiger partial charge in [-0.2, -0.15) is 0 Å². The number of hydrogen-bond acceptors (Lipinski definition) is 2. The SMILES string of the molecule is O=C(N1CCCC1)N1CCC(C(=O)N2CCCc3cc(Br)cc(F)c32)CC1. The molecule has 0 N–H and O–H groups in total. The van der Waals surface area contributed by atoms with Crippen LogP contribution in [0.4, 0.5) is 14.9 Å². The topological polar surface area (TPSA) is 43.9 Å². The van der Waals surface area contributed by atoms with Crippen LogP contribution in [-0.4, -0.2) is 54.5 Å². The van der Waals surface area contributed by atoms with E-state index in [4.69, 9.17) is 0 Å². The van der Waals surface area contributed by atoms with Gasteiger partial charge in [0.2, 0.25) is 5.91 Å². The Kier molecular flexibility index (Phi) is 5.39. The Morgan fingerprint density at radius 2 is 1.63 bits per heavy atom. The van der Waals surface area contributed by atoms with E-state index in [9.17, 15) is 14.0 Å². The molecule has 0 aliphatic carbocycles. The minimum atomic E-state index is -0.339. The lowest BCUT2D eigenvalue weighted by Gasteiger charge is -2.37. The van der Waals surface area contributed by atoms with Gasteiger partial charge in [0.25, 0.3) is 0 Å². The predicted molar refractivity (Wildman–Crippen MR) is 105 cm³/mol. The predicted octanol–water partition coefficient (Wildman–Crippen LogP) is 3.80. The summed E-state index contributed by atoms with van der Waals surface area (Å²) in [6.45, 7) is 3.47. The summed E-state index contributed by atoms with van der Waals surface area (Å²) in [5.74, 6) is -0.471. The van der Waals surface area contributed by atoms with Crippen LogP contribution in [0.5, 0.6) is 0 Å². The van der Waals surface area contributed by atoms with Crippen LogP contribution in [0.1, 0.15) is 37.7 Å². The lowest BCUT2D eigenvalue weighted by Crippen LogP contribution is -2.49. The highest BCUT2D eigenvalue weighted by Gasteiger charge is 2.35. The molecule has 27 heavy (non-hydrogen) atoms. The van der Waals surface area contributed by atoms with Gasteiger partial charge in [-0.3, -0.25) is 4.79 Å². The monoisotopic (exact) mass is 437 g/mol. The number of halogens is 2. The third-order valence-electron chi connectivity index (χ3n) is 5.96. The number of urea groups is 1. The molecule has 0 bridgehead atoms. The highest BCUT2D eigenvalue weighted by Crippen LogP contribution is 2.35. The zero-order valence-corrected chi connectivity index (χ0v) is 17.0.